The van der Waals surface area contributed by atoms with Crippen molar-refractivity contribution in [3.63, 3.8) is 0 Å². The van der Waals surface area contributed by atoms with Gasteiger partial charge in [0.05, 0.1) is 5.92 Å². The minimum Gasteiger partial charge on any atom is -0.293 e. The number of carbonyl (C=O) groups excluding carboxylic acids is 1. The standard InChI is InChI=1S/C18H19Cl2NOS/c1-2-3-9-23-12-16(15-7-6-14(19)10-17(15)20)18(22)13-5-4-8-21-11-13/h4-8,10-11,16H,2-3,9,12H2,1H3. The van der Waals surface area contributed by atoms with E-state index in [0.29, 0.717) is 21.4 Å². The SMILES string of the molecule is CCCCSCC(C(=O)c1cccnc1)c1ccc(Cl)cc1Cl. The van der Waals surface area contributed by atoms with E-state index in [4.69, 9.17) is 23.2 Å². The summed E-state index contributed by atoms with van der Waals surface area (Å²) in [6.07, 6.45) is 5.57. The molecule has 0 bridgehead atoms. The molecule has 0 spiro atoms. The Morgan fingerprint density at radius 1 is 1.30 bits per heavy atom. The van der Waals surface area contributed by atoms with E-state index >= 15 is 0 Å². The lowest BCUT2D eigenvalue weighted by Gasteiger charge is -2.17. The topological polar surface area (TPSA) is 30.0 Å². The van der Waals surface area contributed by atoms with Crippen molar-refractivity contribution in [3.05, 3.63) is 63.9 Å². The zero-order valence-corrected chi connectivity index (χ0v) is 15.3. The van der Waals surface area contributed by atoms with Crippen molar-refractivity contribution in [1.29, 1.82) is 0 Å². The summed E-state index contributed by atoms with van der Waals surface area (Å²) in [6.45, 7) is 2.16. The van der Waals surface area contributed by atoms with E-state index in [1.54, 1.807) is 48.4 Å². The molecule has 0 saturated heterocycles. The maximum absolute atomic E-state index is 12.9. The second-order valence-corrected chi connectivity index (χ2v) is 7.25. The van der Waals surface area contributed by atoms with E-state index in [9.17, 15) is 4.79 Å². The molecule has 1 aromatic carbocycles. The molecule has 2 rings (SSSR count). The van der Waals surface area contributed by atoms with Crippen LogP contribution in [-0.2, 0) is 0 Å². The molecule has 1 unspecified atom stereocenters. The summed E-state index contributed by atoms with van der Waals surface area (Å²) in [7, 11) is 0. The zero-order valence-electron chi connectivity index (χ0n) is 13.0. The van der Waals surface area contributed by atoms with Gasteiger partial charge < -0.3 is 0 Å². The van der Waals surface area contributed by atoms with Gasteiger partial charge in [0.15, 0.2) is 5.78 Å². The number of halogens is 2. The first-order valence-electron chi connectivity index (χ1n) is 7.60. The molecule has 0 aliphatic rings. The third-order valence-corrected chi connectivity index (χ3v) is 5.24. The Bertz CT molecular complexity index is 649. The van der Waals surface area contributed by atoms with Gasteiger partial charge in [0.1, 0.15) is 0 Å². The Hall–Kier alpha value is -1.03. The lowest BCUT2D eigenvalue weighted by atomic mass is 9.93. The third kappa shape index (κ3) is 5.23. The number of carbonyl (C=O) groups is 1. The Morgan fingerprint density at radius 2 is 2.13 bits per heavy atom. The number of unbranched alkanes of at least 4 members (excludes halogenated alkanes) is 1. The number of Topliss-reactive ketones (excluding diaryl/α,β-unsaturated/α-hetero) is 1. The van der Waals surface area contributed by atoms with Crippen molar-refractivity contribution in [3.8, 4) is 0 Å². The lowest BCUT2D eigenvalue weighted by Crippen LogP contribution is -2.16. The molecule has 0 radical (unpaired) electrons. The predicted molar refractivity (Wildman–Crippen MR) is 100 cm³/mol. The molecule has 0 amide bonds. The number of rotatable bonds is 8. The molecule has 2 nitrogen and oxygen atoms in total. The van der Waals surface area contributed by atoms with Gasteiger partial charge in [-0.15, -0.1) is 0 Å². The second-order valence-electron chi connectivity index (χ2n) is 5.25. The Balaban J connectivity index is 2.25. The van der Waals surface area contributed by atoms with Crippen LogP contribution in [0.15, 0.2) is 42.7 Å². The summed E-state index contributed by atoms with van der Waals surface area (Å²) in [5.74, 6) is 1.50. The smallest absolute Gasteiger partial charge is 0.172 e. The van der Waals surface area contributed by atoms with Crippen molar-refractivity contribution in [1.82, 2.24) is 4.98 Å². The summed E-state index contributed by atoms with van der Waals surface area (Å²) in [6, 6.07) is 8.90. The predicted octanol–water partition coefficient (Wildman–Crippen LogP) is 5.89. The first-order chi connectivity index (χ1) is 11.1. The minimum absolute atomic E-state index is 0.0475. The van der Waals surface area contributed by atoms with Crippen LogP contribution in [0.4, 0.5) is 0 Å². The minimum atomic E-state index is -0.286. The molecular weight excluding hydrogens is 349 g/mol. The molecule has 0 aliphatic carbocycles. The Morgan fingerprint density at radius 3 is 2.78 bits per heavy atom. The van der Waals surface area contributed by atoms with Gasteiger partial charge in [0.25, 0.3) is 0 Å². The second kappa shape index (κ2) is 9.31. The fourth-order valence-corrected chi connectivity index (χ4v) is 4.01. The summed E-state index contributed by atoms with van der Waals surface area (Å²) < 4.78 is 0. The van der Waals surface area contributed by atoms with Gasteiger partial charge in [-0.25, -0.2) is 0 Å². The highest BCUT2D eigenvalue weighted by Crippen LogP contribution is 2.32. The average molecular weight is 368 g/mol. The van der Waals surface area contributed by atoms with E-state index in [2.05, 4.69) is 11.9 Å². The van der Waals surface area contributed by atoms with Crippen molar-refractivity contribution >= 4 is 40.7 Å². The molecule has 0 saturated carbocycles. The Labute approximate surface area is 151 Å². The molecule has 5 heteroatoms. The van der Waals surface area contributed by atoms with Gasteiger partial charge in [-0.2, -0.15) is 11.8 Å². The van der Waals surface area contributed by atoms with Crippen molar-refractivity contribution in [2.24, 2.45) is 0 Å². The molecule has 1 aromatic heterocycles. The van der Waals surface area contributed by atoms with Crippen LogP contribution in [0.2, 0.25) is 10.0 Å². The highest BCUT2D eigenvalue weighted by Gasteiger charge is 2.24. The molecule has 23 heavy (non-hydrogen) atoms. The number of nitrogens with zero attached hydrogens (tertiary/aromatic N) is 1. The first kappa shape index (κ1) is 18.3. The molecule has 122 valence electrons. The largest absolute Gasteiger partial charge is 0.293 e. The number of thioether (sulfide) groups is 1. The highest BCUT2D eigenvalue weighted by atomic mass is 35.5. The molecule has 1 atom stereocenters. The molecular formula is C18H19Cl2NOS. The molecule has 0 aliphatic heterocycles. The normalized spacial score (nSPS) is 12.1. The van der Waals surface area contributed by atoms with Crippen LogP contribution in [-0.4, -0.2) is 22.3 Å². The van der Waals surface area contributed by atoms with Crippen LogP contribution >= 0.6 is 35.0 Å². The molecule has 0 N–H and O–H groups in total. The number of ketones is 1. The van der Waals surface area contributed by atoms with Crippen molar-refractivity contribution in [2.45, 2.75) is 25.7 Å². The monoisotopic (exact) mass is 367 g/mol. The van der Waals surface area contributed by atoms with E-state index in [0.717, 1.165) is 24.2 Å². The maximum Gasteiger partial charge on any atom is 0.172 e. The number of aromatic nitrogens is 1. The zero-order chi connectivity index (χ0) is 16.7. The summed E-state index contributed by atoms with van der Waals surface area (Å²) in [4.78, 5) is 16.9. The van der Waals surface area contributed by atoms with Gasteiger partial charge in [-0.05, 0) is 42.0 Å². The van der Waals surface area contributed by atoms with E-state index in [1.165, 1.54) is 0 Å². The fourth-order valence-electron chi connectivity index (χ4n) is 2.25. The van der Waals surface area contributed by atoms with Gasteiger partial charge in [0.2, 0.25) is 0 Å². The fraction of sp³-hybridized carbons (Fsp3) is 0.333. The first-order valence-corrected chi connectivity index (χ1v) is 9.51. The molecule has 1 heterocycles. The van der Waals surface area contributed by atoms with Crippen LogP contribution in [0.3, 0.4) is 0 Å². The number of hydrogen-bond acceptors (Lipinski definition) is 3. The van der Waals surface area contributed by atoms with E-state index < -0.39 is 0 Å². The number of hydrogen-bond donors (Lipinski definition) is 0. The van der Waals surface area contributed by atoms with Gasteiger partial charge >= 0.3 is 0 Å². The average Bonchev–Trinajstić information content (AvgIpc) is 2.56. The van der Waals surface area contributed by atoms with Gasteiger partial charge in [-0.1, -0.05) is 42.6 Å². The Kier molecular flexibility index (Phi) is 7.41. The number of pyridine rings is 1. The lowest BCUT2D eigenvalue weighted by molar-refractivity contribution is 0.0967. The molecule has 0 fully saturated rings. The molecule has 2 aromatic rings. The van der Waals surface area contributed by atoms with Crippen LogP contribution in [0, 0.1) is 0 Å². The van der Waals surface area contributed by atoms with E-state index in [-0.39, 0.29) is 11.7 Å². The number of benzene rings is 1. The summed E-state index contributed by atoms with van der Waals surface area (Å²) in [5, 5.41) is 1.11. The van der Waals surface area contributed by atoms with Crippen molar-refractivity contribution in [2.75, 3.05) is 11.5 Å². The maximum atomic E-state index is 12.9. The van der Waals surface area contributed by atoms with E-state index in [1.807, 2.05) is 6.07 Å². The van der Waals surface area contributed by atoms with Gasteiger partial charge in [0, 0.05) is 33.8 Å². The van der Waals surface area contributed by atoms with Crippen LogP contribution in [0.1, 0.15) is 41.6 Å². The van der Waals surface area contributed by atoms with Crippen LogP contribution in [0.25, 0.3) is 0 Å². The summed E-state index contributed by atoms with van der Waals surface area (Å²) >= 11 is 14.1. The quantitative estimate of drug-likeness (QED) is 0.430. The van der Waals surface area contributed by atoms with Crippen LogP contribution in [0.5, 0.6) is 0 Å². The van der Waals surface area contributed by atoms with Gasteiger partial charge in [-0.3, -0.25) is 9.78 Å². The van der Waals surface area contributed by atoms with Crippen LogP contribution < -0.4 is 0 Å². The third-order valence-electron chi connectivity index (χ3n) is 3.53. The van der Waals surface area contributed by atoms with Crippen molar-refractivity contribution < 1.29 is 4.79 Å². The summed E-state index contributed by atoms with van der Waals surface area (Å²) in [5.41, 5.74) is 1.44. The highest BCUT2D eigenvalue weighted by molar-refractivity contribution is 7.99.